The van der Waals surface area contributed by atoms with Gasteiger partial charge in [-0.1, -0.05) is 396 Å². The van der Waals surface area contributed by atoms with Crippen LogP contribution in [0.1, 0.15) is 447 Å². The average molecular weight is 1540 g/mol. The molecule has 0 rings (SSSR count). The summed E-state index contributed by atoms with van der Waals surface area (Å²) in [6.45, 7) is 14.3. The summed E-state index contributed by atoms with van der Waals surface area (Å²) >= 11 is 0. The predicted molar refractivity (Wildman–Crippen MR) is 432 cm³/mol. The van der Waals surface area contributed by atoms with E-state index >= 15 is 0 Å². The lowest BCUT2D eigenvalue weighted by Crippen LogP contribution is -2.30. The molecule has 0 radical (unpaired) electrons. The number of rotatable bonds is 83. The normalized spacial score (nSPS) is 14.7. The molecule has 0 fully saturated rings. The molecule has 624 valence electrons. The third-order valence-corrected chi connectivity index (χ3v) is 23.1. The molecule has 17 nitrogen and oxygen atoms in total. The Morgan fingerprint density at radius 2 is 0.457 bits per heavy atom. The molecule has 8 atom stereocenters. The Kier molecular flexibility index (Phi) is 73.4. The molecule has 3 N–H and O–H groups in total. The first-order valence-corrected chi connectivity index (χ1v) is 47.3. The third-order valence-electron chi connectivity index (χ3n) is 21.2. The van der Waals surface area contributed by atoms with Gasteiger partial charge in [0.1, 0.15) is 19.3 Å². The fraction of sp³-hybridized carbons (Fsp3) is 0.953. The largest absolute Gasteiger partial charge is 0.472 e. The van der Waals surface area contributed by atoms with Gasteiger partial charge in [0.2, 0.25) is 0 Å². The molecule has 0 saturated heterocycles. The van der Waals surface area contributed by atoms with Gasteiger partial charge in [0.25, 0.3) is 0 Å². The van der Waals surface area contributed by atoms with Gasteiger partial charge in [-0.05, 0) is 49.4 Å². The van der Waals surface area contributed by atoms with E-state index in [2.05, 4.69) is 55.4 Å². The summed E-state index contributed by atoms with van der Waals surface area (Å²) in [5, 5.41) is 10.7. The summed E-state index contributed by atoms with van der Waals surface area (Å²) in [5.74, 6) is 1.08. The first-order valence-electron chi connectivity index (χ1n) is 44.3. The molecule has 0 aliphatic heterocycles. The van der Waals surface area contributed by atoms with E-state index in [9.17, 15) is 43.2 Å². The van der Waals surface area contributed by atoms with E-state index in [0.29, 0.717) is 25.7 Å². The molecule has 0 heterocycles. The van der Waals surface area contributed by atoms with Crippen LogP contribution < -0.4 is 0 Å². The van der Waals surface area contributed by atoms with E-state index in [1.807, 2.05) is 0 Å². The number of hydrogen-bond acceptors (Lipinski definition) is 15. The van der Waals surface area contributed by atoms with Gasteiger partial charge < -0.3 is 33.8 Å². The lowest BCUT2D eigenvalue weighted by Gasteiger charge is -2.21. The van der Waals surface area contributed by atoms with Gasteiger partial charge in [0.05, 0.1) is 26.4 Å². The van der Waals surface area contributed by atoms with Crippen LogP contribution in [0.4, 0.5) is 0 Å². The van der Waals surface area contributed by atoms with Crippen LogP contribution in [0.2, 0.25) is 0 Å². The maximum Gasteiger partial charge on any atom is 0.472 e. The van der Waals surface area contributed by atoms with Gasteiger partial charge in [-0.15, -0.1) is 0 Å². The van der Waals surface area contributed by atoms with Crippen molar-refractivity contribution < 1.29 is 80.2 Å². The van der Waals surface area contributed by atoms with Crippen LogP contribution in [-0.2, 0) is 65.4 Å². The Balaban J connectivity index is 5.21. The third kappa shape index (κ3) is 75.9. The van der Waals surface area contributed by atoms with Crippen LogP contribution in [0.5, 0.6) is 0 Å². The van der Waals surface area contributed by atoms with Gasteiger partial charge in [-0.3, -0.25) is 37.3 Å². The number of phosphoric acid groups is 2. The fourth-order valence-corrected chi connectivity index (χ4v) is 14.8. The maximum atomic E-state index is 13.1. The van der Waals surface area contributed by atoms with Crippen molar-refractivity contribution in [2.75, 3.05) is 39.6 Å². The van der Waals surface area contributed by atoms with Crippen molar-refractivity contribution in [3.05, 3.63) is 0 Å². The Morgan fingerprint density at radius 3 is 0.676 bits per heavy atom. The molecule has 0 aromatic rings. The SMILES string of the molecule is CCC(C)CCCCCCCCCCCCCCCCCCCCC(=O)O[C@H](COC(=O)CCCCCCCCCCCCCCCCCCCCC(C)C)COP(=O)(O)OC[C@@H](O)COP(=O)(O)OC[C@@H](COC(=O)CCCCCCCCC(C)CC)OC(=O)CCCCCCCCCCC(C)CC. The molecule has 0 aromatic heterocycles. The number of esters is 4. The van der Waals surface area contributed by atoms with Crippen LogP contribution in [-0.4, -0.2) is 96.7 Å². The van der Waals surface area contributed by atoms with E-state index in [1.54, 1.807) is 0 Å². The smallest absolute Gasteiger partial charge is 0.462 e. The molecule has 0 aliphatic carbocycles. The Hall–Kier alpha value is -1.94. The molecule has 105 heavy (non-hydrogen) atoms. The molecule has 19 heteroatoms. The average Bonchev–Trinajstić information content (AvgIpc) is 0.932. The van der Waals surface area contributed by atoms with Crippen molar-refractivity contribution in [1.82, 2.24) is 0 Å². The van der Waals surface area contributed by atoms with Gasteiger partial charge >= 0.3 is 39.5 Å². The van der Waals surface area contributed by atoms with Gasteiger partial charge in [-0.25, -0.2) is 9.13 Å². The predicted octanol–water partition coefficient (Wildman–Crippen LogP) is 25.9. The number of phosphoric ester groups is 2. The molecule has 0 aliphatic rings. The van der Waals surface area contributed by atoms with E-state index in [0.717, 1.165) is 120 Å². The number of unbranched alkanes of at least 4 members (excludes halogenated alkanes) is 46. The summed E-state index contributed by atoms with van der Waals surface area (Å²) in [6, 6.07) is 0. The molecule has 0 spiro atoms. The topological polar surface area (TPSA) is 237 Å². The Morgan fingerprint density at radius 1 is 0.267 bits per heavy atom. The first kappa shape index (κ1) is 103. The number of hydrogen-bond donors (Lipinski definition) is 3. The molecule has 0 bridgehead atoms. The minimum Gasteiger partial charge on any atom is -0.462 e. The number of carbonyl (C=O) groups is 4. The van der Waals surface area contributed by atoms with Gasteiger partial charge in [0, 0.05) is 25.7 Å². The summed E-state index contributed by atoms with van der Waals surface area (Å²) in [5.41, 5.74) is 0. The monoisotopic (exact) mass is 1540 g/mol. The second-order valence-corrected chi connectivity index (χ2v) is 35.0. The highest BCUT2D eigenvalue weighted by molar-refractivity contribution is 7.47. The van der Waals surface area contributed by atoms with Crippen LogP contribution in [0, 0.1) is 23.7 Å². The minimum absolute atomic E-state index is 0.104. The van der Waals surface area contributed by atoms with E-state index < -0.39 is 97.5 Å². The fourth-order valence-electron chi connectivity index (χ4n) is 13.2. The number of aliphatic hydroxyl groups is 1. The zero-order chi connectivity index (χ0) is 77.4. The van der Waals surface area contributed by atoms with Crippen molar-refractivity contribution >= 4 is 39.5 Å². The highest BCUT2D eigenvalue weighted by Crippen LogP contribution is 2.45. The summed E-state index contributed by atoms with van der Waals surface area (Å²) in [7, 11) is -9.93. The zero-order valence-electron chi connectivity index (χ0n) is 69.4. The second kappa shape index (κ2) is 74.8. The number of carbonyl (C=O) groups excluding carboxylic acids is 4. The molecule has 0 amide bonds. The van der Waals surface area contributed by atoms with Crippen LogP contribution in [0.25, 0.3) is 0 Å². The molecule has 0 aromatic carbocycles. The van der Waals surface area contributed by atoms with Crippen molar-refractivity contribution in [3.8, 4) is 0 Å². The van der Waals surface area contributed by atoms with Crippen LogP contribution in [0.3, 0.4) is 0 Å². The minimum atomic E-state index is -4.97. The standard InChI is InChI=1S/C86H168O17P2/c1-9-77(6)63-55-47-39-33-29-25-21-17-13-15-19-23-27-31-35-42-52-60-68-85(90)102-81(72-96-83(88)66-58-50-41-34-30-26-22-18-14-12-16-20-24-28-32-38-46-54-62-76(4)5)74-100-104(92,93)98-70-80(87)71-99-105(94,95)101-75-82(73-97-84(89)67-59-51-45-44-49-57-65-79(8)11-3)103-86(91)69-61-53-43-37-36-40-48-56-64-78(7)10-2/h76-82,87H,9-75H2,1-8H3,(H,92,93)(H,94,95)/t77?,78?,79?,80-,81-,82-/m1/s1. The van der Waals surface area contributed by atoms with Crippen molar-refractivity contribution in [2.24, 2.45) is 23.7 Å². The molecular formula is C86H168O17P2. The molecular weight excluding hydrogens is 1370 g/mol. The van der Waals surface area contributed by atoms with Crippen molar-refractivity contribution in [1.29, 1.82) is 0 Å². The Labute approximate surface area is 645 Å². The summed E-state index contributed by atoms with van der Waals surface area (Å²) < 4.78 is 68.8. The van der Waals surface area contributed by atoms with Gasteiger partial charge in [-0.2, -0.15) is 0 Å². The summed E-state index contributed by atoms with van der Waals surface area (Å²) in [4.78, 5) is 73.1. The lowest BCUT2D eigenvalue weighted by molar-refractivity contribution is -0.161. The zero-order valence-corrected chi connectivity index (χ0v) is 71.2. The van der Waals surface area contributed by atoms with Crippen molar-refractivity contribution in [2.45, 2.75) is 465 Å². The number of aliphatic hydroxyl groups excluding tert-OH is 1. The molecule has 5 unspecified atom stereocenters. The summed E-state index contributed by atoms with van der Waals surface area (Å²) in [6.07, 6.45) is 64.0. The van der Waals surface area contributed by atoms with E-state index in [4.69, 9.17) is 37.0 Å². The van der Waals surface area contributed by atoms with E-state index in [-0.39, 0.29) is 25.7 Å². The van der Waals surface area contributed by atoms with Crippen LogP contribution in [0.15, 0.2) is 0 Å². The van der Waals surface area contributed by atoms with Gasteiger partial charge in [0.15, 0.2) is 12.2 Å². The van der Waals surface area contributed by atoms with E-state index in [1.165, 1.54) is 244 Å². The van der Waals surface area contributed by atoms with Crippen molar-refractivity contribution in [3.63, 3.8) is 0 Å². The highest BCUT2D eigenvalue weighted by atomic mass is 31.2. The van der Waals surface area contributed by atoms with Crippen LogP contribution >= 0.6 is 15.6 Å². The molecule has 0 saturated carbocycles. The lowest BCUT2D eigenvalue weighted by atomic mass is 9.99. The quantitative estimate of drug-likeness (QED) is 0.0222. The highest BCUT2D eigenvalue weighted by Gasteiger charge is 2.31. The first-order chi connectivity index (χ1) is 50.7. The number of ether oxygens (including phenoxy) is 4. The Bertz CT molecular complexity index is 2050. The maximum absolute atomic E-state index is 13.1. The second-order valence-electron chi connectivity index (χ2n) is 32.1.